The molecule has 1 aliphatic heterocycles. The standard InChI is InChI=1S/C12H17NO2/c1-13-7-2-3-10-11(13)5-4-9(6-8-14)12(10)15/h4-5,14-15H,2-3,6-8H2,1H3. The fourth-order valence-corrected chi connectivity index (χ4v) is 2.21. The van der Waals surface area contributed by atoms with E-state index >= 15 is 0 Å². The van der Waals surface area contributed by atoms with Crippen LogP contribution >= 0.6 is 0 Å². The van der Waals surface area contributed by atoms with E-state index in [9.17, 15) is 5.11 Å². The molecule has 1 aromatic carbocycles. The highest BCUT2D eigenvalue weighted by Gasteiger charge is 2.18. The molecule has 2 N–H and O–H groups in total. The minimum absolute atomic E-state index is 0.0855. The number of aromatic hydroxyl groups is 1. The number of hydrogen-bond donors (Lipinski definition) is 2. The number of phenols is 1. The number of aliphatic hydroxyl groups excluding tert-OH is 1. The van der Waals surface area contributed by atoms with Crippen LogP contribution in [-0.2, 0) is 12.8 Å². The summed E-state index contributed by atoms with van der Waals surface area (Å²) in [5.74, 6) is 0.383. The van der Waals surface area contributed by atoms with Gasteiger partial charge in [-0.2, -0.15) is 0 Å². The van der Waals surface area contributed by atoms with E-state index in [0.717, 1.165) is 36.2 Å². The van der Waals surface area contributed by atoms with Crippen LogP contribution in [0.25, 0.3) is 0 Å². The molecule has 1 aliphatic rings. The zero-order valence-corrected chi connectivity index (χ0v) is 9.03. The molecule has 0 fully saturated rings. The molecule has 0 amide bonds. The van der Waals surface area contributed by atoms with Gasteiger partial charge in [-0.25, -0.2) is 0 Å². The summed E-state index contributed by atoms with van der Waals surface area (Å²) in [6.45, 7) is 1.13. The first kappa shape index (κ1) is 10.3. The number of benzene rings is 1. The highest BCUT2D eigenvalue weighted by atomic mass is 16.3. The largest absolute Gasteiger partial charge is 0.507 e. The number of fused-ring (bicyclic) bond motifs is 1. The van der Waals surface area contributed by atoms with E-state index < -0.39 is 0 Å². The minimum atomic E-state index is 0.0855. The molecule has 82 valence electrons. The molecule has 0 saturated heterocycles. The van der Waals surface area contributed by atoms with E-state index in [1.807, 2.05) is 19.2 Å². The fraction of sp³-hybridized carbons (Fsp3) is 0.500. The topological polar surface area (TPSA) is 43.7 Å². The first-order valence-electron chi connectivity index (χ1n) is 5.39. The summed E-state index contributed by atoms with van der Waals surface area (Å²) in [5.41, 5.74) is 3.02. The van der Waals surface area contributed by atoms with Gasteiger partial charge in [-0.1, -0.05) is 6.07 Å². The van der Waals surface area contributed by atoms with E-state index in [4.69, 9.17) is 5.11 Å². The summed E-state index contributed by atoms with van der Waals surface area (Å²) in [4.78, 5) is 2.17. The average molecular weight is 207 g/mol. The van der Waals surface area contributed by atoms with Gasteiger partial charge in [0.15, 0.2) is 0 Å². The second-order valence-corrected chi connectivity index (χ2v) is 4.07. The Kier molecular flexibility index (Phi) is 2.82. The third kappa shape index (κ3) is 1.79. The molecule has 15 heavy (non-hydrogen) atoms. The lowest BCUT2D eigenvalue weighted by molar-refractivity contribution is 0.297. The maximum atomic E-state index is 10.0. The van der Waals surface area contributed by atoms with E-state index in [0.29, 0.717) is 12.2 Å². The van der Waals surface area contributed by atoms with Crippen molar-refractivity contribution in [2.75, 3.05) is 25.1 Å². The van der Waals surface area contributed by atoms with Crippen molar-refractivity contribution >= 4 is 5.69 Å². The summed E-state index contributed by atoms with van der Waals surface area (Å²) in [6.07, 6.45) is 2.55. The summed E-state index contributed by atoms with van der Waals surface area (Å²) in [5, 5.41) is 18.9. The van der Waals surface area contributed by atoms with Crippen LogP contribution in [0.5, 0.6) is 5.75 Å². The van der Waals surface area contributed by atoms with Crippen molar-refractivity contribution in [1.82, 2.24) is 0 Å². The fourth-order valence-electron chi connectivity index (χ4n) is 2.21. The van der Waals surface area contributed by atoms with Gasteiger partial charge in [-0.05, 0) is 30.9 Å². The summed E-state index contributed by atoms with van der Waals surface area (Å²) < 4.78 is 0. The minimum Gasteiger partial charge on any atom is -0.507 e. The Morgan fingerprint density at radius 3 is 2.93 bits per heavy atom. The van der Waals surface area contributed by atoms with Gasteiger partial charge < -0.3 is 15.1 Å². The maximum Gasteiger partial charge on any atom is 0.124 e. The third-order valence-electron chi connectivity index (χ3n) is 3.05. The van der Waals surface area contributed by atoms with Gasteiger partial charge in [-0.15, -0.1) is 0 Å². The van der Waals surface area contributed by atoms with E-state index in [1.165, 1.54) is 0 Å². The first-order valence-corrected chi connectivity index (χ1v) is 5.39. The van der Waals surface area contributed by atoms with Crippen molar-refractivity contribution in [3.05, 3.63) is 23.3 Å². The lowest BCUT2D eigenvalue weighted by Crippen LogP contribution is -2.24. The van der Waals surface area contributed by atoms with Gasteiger partial charge in [0.2, 0.25) is 0 Å². The van der Waals surface area contributed by atoms with Gasteiger partial charge in [0.1, 0.15) is 5.75 Å². The van der Waals surface area contributed by atoms with Crippen molar-refractivity contribution in [3.8, 4) is 5.75 Å². The number of phenolic OH excluding ortho intramolecular Hbond substituents is 1. The molecule has 0 spiro atoms. The highest BCUT2D eigenvalue weighted by molar-refractivity contribution is 5.62. The van der Waals surface area contributed by atoms with Crippen LogP contribution in [0.1, 0.15) is 17.5 Å². The second kappa shape index (κ2) is 4.11. The Labute approximate surface area is 90.0 Å². The van der Waals surface area contributed by atoms with Crippen LogP contribution in [0, 0.1) is 0 Å². The molecule has 3 nitrogen and oxygen atoms in total. The van der Waals surface area contributed by atoms with Crippen LogP contribution in [0.3, 0.4) is 0 Å². The molecule has 1 heterocycles. The predicted octanol–water partition coefficient (Wildman–Crippen LogP) is 1.31. The van der Waals surface area contributed by atoms with Gasteiger partial charge in [0.25, 0.3) is 0 Å². The smallest absolute Gasteiger partial charge is 0.124 e. The third-order valence-corrected chi connectivity index (χ3v) is 3.05. The molecule has 0 atom stereocenters. The maximum absolute atomic E-state index is 10.0. The monoisotopic (exact) mass is 207 g/mol. The van der Waals surface area contributed by atoms with Crippen molar-refractivity contribution in [2.24, 2.45) is 0 Å². The van der Waals surface area contributed by atoms with Gasteiger partial charge >= 0.3 is 0 Å². The van der Waals surface area contributed by atoms with Crippen LogP contribution in [0.15, 0.2) is 12.1 Å². The second-order valence-electron chi connectivity index (χ2n) is 4.07. The van der Waals surface area contributed by atoms with Gasteiger partial charge in [0, 0.05) is 31.5 Å². The van der Waals surface area contributed by atoms with Crippen molar-refractivity contribution in [1.29, 1.82) is 0 Å². The Bertz CT molecular complexity index is 363. The van der Waals surface area contributed by atoms with Gasteiger partial charge in [-0.3, -0.25) is 0 Å². The average Bonchev–Trinajstić information content (AvgIpc) is 2.23. The van der Waals surface area contributed by atoms with Crippen LogP contribution in [0.2, 0.25) is 0 Å². The molecular formula is C12H17NO2. The highest BCUT2D eigenvalue weighted by Crippen LogP contribution is 2.35. The van der Waals surface area contributed by atoms with Gasteiger partial charge in [0.05, 0.1) is 0 Å². The molecule has 0 unspecified atom stereocenters. The van der Waals surface area contributed by atoms with Crippen LogP contribution in [0.4, 0.5) is 5.69 Å². The lowest BCUT2D eigenvalue weighted by Gasteiger charge is -2.28. The number of anilines is 1. The lowest BCUT2D eigenvalue weighted by atomic mass is 9.97. The quantitative estimate of drug-likeness (QED) is 0.768. The number of nitrogens with zero attached hydrogens (tertiary/aromatic N) is 1. The molecule has 0 aromatic heterocycles. The zero-order chi connectivity index (χ0) is 10.8. The van der Waals surface area contributed by atoms with Crippen LogP contribution in [-0.4, -0.2) is 30.4 Å². The molecule has 2 rings (SSSR count). The Hall–Kier alpha value is -1.22. The van der Waals surface area contributed by atoms with E-state index in [1.54, 1.807) is 0 Å². The molecule has 0 aliphatic carbocycles. The molecule has 0 radical (unpaired) electrons. The zero-order valence-electron chi connectivity index (χ0n) is 9.03. The summed E-state index contributed by atoms with van der Waals surface area (Å²) >= 11 is 0. The van der Waals surface area contributed by atoms with Crippen molar-refractivity contribution < 1.29 is 10.2 Å². The number of aliphatic hydroxyl groups is 1. The predicted molar refractivity (Wildman–Crippen MR) is 60.5 cm³/mol. The molecule has 0 bridgehead atoms. The van der Waals surface area contributed by atoms with Crippen molar-refractivity contribution in [2.45, 2.75) is 19.3 Å². The number of hydrogen-bond acceptors (Lipinski definition) is 3. The Morgan fingerprint density at radius 2 is 2.20 bits per heavy atom. The van der Waals surface area contributed by atoms with Crippen molar-refractivity contribution in [3.63, 3.8) is 0 Å². The normalized spacial score (nSPS) is 15.2. The molecule has 3 heteroatoms. The Morgan fingerprint density at radius 1 is 1.40 bits per heavy atom. The van der Waals surface area contributed by atoms with E-state index in [2.05, 4.69) is 4.90 Å². The molecule has 0 saturated carbocycles. The Balaban J connectivity index is 2.42. The van der Waals surface area contributed by atoms with E-state index in [-0.39, 0.29) is 6.61 Å². The first-order chi connectivity index (χ1) is 7.24. The number of rotatable bonds is 2. The molecular weight excluding hydrogens is 190 g/mol. The SMILES string of the molecule is CN1CCCc2c1ccc(CCO)c2O. The van der Waals surface area contributed by atoms with Crippen LogP contribution < -0.4 is 4.90 Å². The molecule has 1 aromatic rings. The summed E-state index contributed by atoms with van der Waals surface area (Å²) in [6, 6.07) is 3.95. The summed E-state index contributed by atoms with van der Waals surface area (Å²) in [7, 11) is 2.04.